The zero-order chi connectivity index (χ0) is 28.4. The molecule has 0 radical (unpaired) electrons. The predicted octanol–water partition coefficient (Wildman–Crippen LogP) is 6.06. The van der Waals surface area contributed by atoms with Crippen LogP contribution in [0, 0.1) is 0 Å². The second-order valence-corrected chi connectivity index (χ2v) is 16.9. The van der Waals surface area contributed by atoms with Gasteiger partial charge in [-0.25, -0.2) is 4.79 Å². The predicted molar refractivity (Wildman–Crippen MR) is 153 cm³/mol. The summed E-state index contributed by atoms with van der Waals surface area (Å²) in [5.74, 6) is 0. The van der Waals surface area contributed by atoms with Crippen LogP contribution in [0.5, 0.6) is 0 Å². The highest BCUT2D eigenvalue weighted by atomic mass is 28.4. The normalized spacial score (nSPS) is 15.0. The quantitative estimate of drug-likeness (QED) is 0.297. The van der Waals surface area contributed by atoms with E-state index in [4.69, 9.17) is 18.6 Å². The maximum absolute atomic E-state index is 12.7. The first-order chi connectivity index (χ1) is 17.7. The van der Waals surface area contributed by atoms with Crippen LogP contribution in [-0.4, -0.2) is 56.6 Å². The number of nitrogens with one attached hydrogen (secondary N) is 1. The molecule has 0 saturated heterocycles. The van der Waals surface area contributed by atoms with Gasteiger partial charge >= 0.3 is 6.09 Å². The molecule has 2 aromatic rings. The van der Waals surface area contributed by atoms with Crippen LogP contribution in [0.1, 0.15) is 52.7 Å². The van der Waals surface area contributed by atoms with Gasteiger partial charge in [-0.15, -0.1) is 0 Å². The smallest absolute Gasteiger partial charge is 0.408 e. The van der Waals surface area contributed by atoms with Crippen molar-refractivity contribution in [1.29, 1.82) is 0 Å². The van der Waals surface area contributed by atoms with Crippen LogP contribution >= 0.6 is 0 Å². The average molecular weight is 546 g/mol. The van der Waals surface area contributed by atoms with Gasteiger partial charge in [0.2, 0.25) is 0 Å². The molecule has 2 rings (SSSR count). The molecule has 0 bridgehead atoms. The molecular weight excluding hydrogens is 498 g/mol. The molecule has 0 saturated carbocycles. The highest BCUT2D eigenvalue weighted by molar-refractivity contribution is 6.74. The lowest BCUT2D eigenvalue weighted by Crippen LogP contribution is -2.55. The second-order valence-electron chi connectivity index (χ2n) is 12.1. The van der Waals surface area contributed by atoms with Gasteiger partial charge in [0.25, 0.3) is 0 Å². The number of amides is 1. The minimum atomic E-state index is -2.13. The molecule has 0 unspecified atom stereocenters. The van der Waals surface area contributed by atoms with Gasteiger partial charge < -0.3 is 29.1 Å². The van der Waals surface area contributed by atoms with Gasteiger partial charge in [0.05, 0.1) is 32.5 Å². The van der Waals surface area contributed by atoms with Crippen molar-refractivity contribution in [3.8, 4) is 0 Å². The Morgan fingerprint density at radius 2 is 1.37 bits per heavy atom. The highest BCUT2D eigenvalue weighted by Crippen LogP contribution is 2.37. The van der Waals surface area contributed by atoms with Crippen molar-refractivity contribution < 1.29 is 28.5 Å². The second kappa shape index (κ2) is 14.2. The summed E-state index contributed by atoms with van der Waals surface area (Å²) in [6.45, 7) is 16.8. The van der Waals surface area contributed by atoms with Crippen molar-refractivity contribution in [3.05, 3.63) is 71.8 Å². The summed E-state index contributed by atoms with van der Waals surface area (Å²) in [4.78, 5) is 12.7. The molecule has 212 valence electrons. The summed E-state index contributed by atoms with van der Waals surface area (Å²) in [5, 5.41) is 13.2. The number of ether oxygens (including phenoxy) is 3. The van der Waals surface area contributed by atoms with E-state index in [0.717, 1.165) is 11.1 Å². The molecule has 0 aliphatic heterocycles. The van der Waals surface area contributed by atoms with Gasteiger partial charge in [0.1, 0.15) is 17.8 Å². The first-order valence-electron chi connectivity index (χ1n) is 13.3. The Labute approximate surface area is 230 Å². The molecule has 3 atom stereocenters. The average Bonchev–Trinajstić information content (AvgIpc) is 2.83. The van der Waals surface area contributed by atoms with Gasteiger partial charge in [-0.3, -0.25) is 0 Å². The number of hydrogen-bond acceptors (Lipinski definition) is 6. The standard InChI is InChI=1S/C30H47NO6Si/c1-29(2,3)37-28(33)31-25(19-32)27(35-21-24-17-13-10-14-18-24)26(22-36-38(7,8)30(4,5)6)34-20-23-15-11-9-12-16-23/h9-18,25-27,32H,19-22H2,1-8H3,(H,31,33)/t25-,26+,27-/m1/s1. The van der Waals surface area contributed by atoms with Crippen molar-refractivity contribution in [2.24, 2.45) is 0 Å². The summed E-state index contributed by atoms with van der Waals surface area (Å²) in [6.07, 6.45) is -1.90. The molecule has 2 N–H and O–H groups in total. The van der Waals surface area contributed by atoms with Crippen molar-refractivity contribution in [1.82, 2.24) is 5.32 Å². The van der Waals surface area contributed by atoms with E-state index in [2.05, 4.69) is 39.2 Å². The molecule has 8 heteroatoms. The minimum Gasteiger partial charge on any atom is -0.444 e. The Balaban J connectivity index is 2.35. The summed E-state index contributed by atoms with van der Waals surface area (Å²) in [6, 6.07) is 18.9. The molecule has 0 aliphatic rings. The Morgan fingerprint density at radius 1 is 0.868 bits per heavy atom. The lowest BCUT2D eigenvalue weighted by molar-refractivity contribution is -0.119. The molecule has 2 aromatic carbocycles. The van der Waals surface area contributed by atoms with E-state index in [1.165, 1.54) is 0 Å². The molecule has 0 heterocycles. The molecular formula is C30H47NO6Si. The molecule has 7 nitrogen and oxygen atoms in total. The Bertz CT molecular complexity index is 956. The highest BCUT2D eigenvalue weighted by Gasteiger charge is 2.40. The fraction of sp³-hybridized carbons (Fsp3) is 0.567. The number of carbonyl (C=O) groups is 1. The van der Waals surface area contributed by atoms with E-state index < -0.39 is 38.3 Å². The largest absolute Gasteiger partial charge is 0.444 e. The fourth-order valence-corrected chi connectivity index (χ4v) is 4.48. The first-order valence-corrected chi connectivity index (χ1v) is 16.2. The molecule has 0 aliphatic carbocycles. The number of carbonyl (C=O) groups excluding carboxylic acids is 1. The van der Waals surface area contributed by atoms with Crippen LogP contribution < -0.4 is 5.32 Å². The van der Waals surface area contributed by atoms with E-state index in [1.54, 1.807) is 20.8 Å². The first kappa shape index (κ1) is 32.0. The third-order valence-electron chi connectivity index (χ3n) is 6.67. The summed E-state index contributed by atoms with van der Waals surface area (Å²) in [7, 11) is -2.13. The summed E-state index contributed by atoms with van der Waals surface area (Å²) in [5.41, 5.74) is 1.30. The van der Waals surface area contributed by atoms with Crippen molar-refractivity contribution >= 4 is 14.4 Å². The Morgan fingerprint density at radius 3 is 1.82 bits per heavy atom. The topological polar surface area (TPSA) is 86.3 Å². The monoisotopic (exact) mass is 545 g/mol. The van der Waals surface area contributed by atoms with E-state index in [-0.39, 0.29) is 24.9 Å². The SMILES string of the molecule is CC(C)(C)OC(=O)N[C@H](CO)[C@@H](OCc1ccccc1)[C@H](CO[Si](C)(C)C(C)(C)C)OCc1ccccc1. The number of hydrogen-bond donors (Lipinski definition) is 2. The van der Waals surface area contributed by atoms with Crippen LogP contribution in [0.25, 0.3) is 0 Å². The zero-order valence-corrected chi connectivity index (χ0v) is 25.3. The zero-order valence-electron chi connectivity index (χ0n) is 24.3. The van der Waals surface area contributed by atoms with Crippen LogP contribution in [0.15, 0.2) is 60.7 Å². The van der Waals surface area contributed by atoms with Crippen molar-refractivity contribution in [3.63, 3.8) is 0 Å². The minimum absolute atomic E-state index is 0.00250. The summed E-state index contributed by atoms with van der Waals surface area (Å²) < 4.78 is 24.8. The van der Waals surface area contributed by atoms with Gasteiger partial charge in [0, 0.05) is 0 Å². The van der Waals surface area contributed by atoms with Crippen LogP contribution in [-0.2, 0) is 31.9 Å². The third kappa shape index (κ3) is 10.9. The van der Waals surface area contributed by atoms with Crippen LogP contribution in [0.4, 0.5) is 4.79 Å². The summed E-state index contributed by atoms with van der Waals surface area (Å²) >= 11 is 0. The molecule has 38 heavy (non-hydrogen) atoms. The van der Waals surface area contributed by atoms with E-state index in [0.29, 0.717) is 6.61 Å². The van der Waals surface area contributed by atoms with Crippen LogP contribution in [0.2, 0.25) is 18.1 Å². The van der Waals surface area contributed by atoms with Gasteiger partial charge in [-0.1, -0.05) is 81.4 Å². The number of aliphatic hydroxyl groups is 1. The lowest BCUT2D eigenvalue weighted by Gasteiger charge is -2.39. The third-order valence-corrected chi connectivity index (χ3v) is 11.2. The molecule has 0 spiro atoms. The van der Waals surface area contributed by atoms with Crippen molar-refractivity contribution in [2.45, 2.75) is 96.7 Å². The van der Waals surface area contributed by atoms with Crippen molar-refractivity contribution in [2.75, 3.05) is 13.2 Å². The van der Waals surface area contributed by atoms with Gasteiger partial charge in [-0.2, -0.15) is 0 Å². The van der Waals surface area contributed by atoms with Gasteiger partial charge in [-0.05, 0) is 50.0 Å². The van der Waals surface area contributed by atoms with E-state index in [9.17, 15) is 9.90 Å². The van der Waals surface area contributed by atoms with Gasteiger partial charge in [0.15, 0.2) is 8.32 Å². The van der Waals surface area contributed by atoms with E-state index >= 15 is 0 Å². The number of aliphatic hydroxyl groups excluding tert-OH is 1. The lowest BCUT2D eigenvalue weighted by atomic mass is 10.1. The Kier molecular flexibility index (Phi) is 12.0. The maximum Gasteiger partial charge on any atom is 0.408 e. The number of alkyl carbamates (subject to hydrolysis) is 1. The Hall–Kier alpha value is -2.23. The molecule has 0 fully saturated rings. The molecule has 1 amide bonds. The number of rotatable bonds is 13. The maximum atomic E-state index is 12.7. The number of benzene rings is 2. The fourth-order valence-electron chi connectivity index (χ4n) is 3.46. The van der Waals surface area contributed by atoms with Crippen LogP contribution in [0.3, 0.4) is 0 Å². The van der Waals surface area contributed by atoms with E-state index in [1.807, 2.05) is 60.7 Å². The molecule has 0 aromatic heterocycles.